The molecule has 1 aromatic heterocycles. The minimum atomic E-state index is 0.827. The maximum absolute atomic E-state index is 6.07. The van der Waals surface area contributed by atoms with E-state index in [1.807, 2.05) is 0 Å². The minimum absolute atomic E-state index is 0.827. The van der Waals surface area contributed by atoms with Gasteiger partial charge in [-0.15, -0.1) is 11.3 Å². The maximum atomic E-state index is 6.07. The Kier molecular flexibility index (Phi) is 2.65. The lowest BCUT2D eigenvalue weighted by molar-refractivity contribution is 1.76. The highest BCUT2D eigenvalue weighted by Gasteiger charge is 2.07. The molecule has 62 valence electrons. The third kappa shape index (κ3) is 1.52. The lowest BCUT2D eigenvalue weighted by atomic mass is 10.3. The van der Waals surface area contributed by atoms with Gasteiger partial charge in [0.1, 0.15) is 0 Å². The number of rotatable bonds is 0. The molecule has 0 radical (unpaired) electrons. The number of hydrogen-bond donors (Lipinski definition) is 0. The third-order valence-corrected chi connectivity index (χ3v) is 4.80. The molecule has 12 heavy (non-hydrogen) atoms. The second kappa shape index (κ2) is 3.44. The minimum Gasteiger partial charge on any atom is -0.127 e. The van der Waals surface area contributed by atoms with Crippen LogP contribution in [0, 0.1) is 3.57 Å². The molecule has 2 aromatic rings. The van der Waals surface area contributed by atoms with E-state index in [-0.39, 0.29) is 0 Å². The van der Waals surface area contributed by atoms with Crippen LogP contribution in [0.1, 0.15) is 0 Å². The average molecular weight is 373 g/mol. The molecule has 2 rings (SSSR count). The molecule has 0 saturated carbocycles. The van der Waals surface area contributed by atoms with Crippen molar-refractivity contribution < 1.29 is 0 Å². The number of fused-ring (bicyclic) bond motifs is 1. The smallest absolute Gasteiger partial charge is 0.0897 e. The Morgan fingerprint density at radius 1 is 1.42 bits per heavy atom. The van der Waals surface area contributed by atoms with Gasteiger partial charge in [-0.2, -0.15) is 0 Å². The van der Waals surface area contributed by atoms with E-state index in [1.54, 1.807) is 11.3 Å². The summed E-state index contributed by atoms with van der Waals surface area (Å²) < 4.78 is 3.46. The molecule has 0 N–H and O–H groups in total. The normalized spacial score (nSPS) is 10.9. The van der Waals surface area contributed by atoms with Crippen molar-refractivity contribution in [1.29, 1.82) is 0 Å². The second-order valence-electron chi connectivity index (χ2n) is 2.33. The molecule has 0 atom stereocenters. The quantitative estimate of drug-likeness (QED) is 0.575. The zero-order valence-electron chi connectivity index (χ0n) is 5.77. The van der Waals surface area contributed by atoms with Crippen LogP contribution >= 0.6 is 61.5 Å². The Balaban J connectivity index is 2.88. The van der Waals surface area contributed by atoms with Crippen molar-refractivity contribution in [2.75, 3.05) is 0 Å². The average Bonchev–Trinajstić information content (AvgIpc) is 2.31. The highest BCUT2D eigenvalue weighted by molar-refractivity contribution is 14.1. The summed E-state index contributed by atoms with van der Waals surface area (Å²) in [7, 11) is 0. The van der Waals surface area contributed by atoms with Crippen LogP contribution in [-0.2, 0) is 0 Å². The van der Waals surface area contributed by atoms with E-state index >= 15 is 0 Å². The first-order valence-electron chi connectivity index (χ1n) is 3.21. The molecule has 0 saturated heterocycles. The third-order valence-electron chi connectivity index (χ3n) is 1.55. The molecule has 0 fully saturated rings. The molecule has 0 amide bonds. The van der Waals surface area contributed by atoms with Crippen molar-refractivity contribution in [3.63, 3.8) is 0 Å². The molecular weight excluding hydrogens is 370 g/mol. The van der Waals surface area contributed by atoms with E-state index in [1.165, 1.54) is 8.27 Å². The van der Waals surface area contributed by atoms with Crippen molar-refractivity contribution in [3.8, 4) is 0 Å². The summed E-state index contributed by atoms with van der Waals surface area (Å²) in [5.41, 5.74) is 0. The molecule has 0 aliphatic rings. The van der Waals surface area contributed by atoms with Crippen molar-refractivity contribution in [2.24, 2.45) is 0 Å². The van der Waals surface area contributed by atoms with Gasteiger partial charge in [0, 0.05) is 13.7 Å². The summed E-state index contributed by atoms with van der Waals surface area (Å²) in [6.45, 7) is 0. The molecule has 0 aliphatic heterocycles. The van der Waals surface area contributed by atoms with Gasteiger partial charge in [-0.25, -0.2) is 0 Å². The van der Waals surface area contributed by atoms with Gasteiger partial charge in [0.25, 0.3) is 0 Å². The summed E-state index contributed by atoms with van der Waals surface area (Å²) in [5, 5.41) is 1.97. The van der Waals surface area contributed by atoms with E-state index < -0.39 is 0 Å². The molecule has 0 spiro atoms. The van der Waals surface area contributed by atoms with Gasteiger partial charge >= 0.3 is 0 Å². The van der Waals surface area contributed by atoms with E-state index in [0.29, 0.717) is 0 Å². The van der Waals surface area contributed by atoms with Crippen LogP contribution in [0.3, 0.4) is 0 Å². The van der Waals surface area contributed by atoms with Crippen LogP contribution in [0.5, 0.6) is 0 Å². The number of thiophene rings is 1. The number of benzene rings is 1. The summed E-state index contributed by atoms with van der Waals surface area (Å²) >= 11 is 13.4. The summed E-state index contributed by atoms with van der Waals surface area (Å²) in [6.07, 6.45) is 0. The molecule has 0 nitrogen and oxygen atoms in total. The van der Waals surface area contributed by atoms with Crippen LogP contribution in [0.2, 0.25) is 5.02 Å². The largest absolute Gasteiger partial charge is 0.127 e. The summed E-state index contributed by atoms with van der Waals surface area (Å²) in [4.78, 5) is 0. The van der Waals surface area contributed by atoms with Crippen LogP contribution < -0.4 is 0 Å². The van der Waals surface area contributed by atoms with Crippen molar-refractivity contribution in [2.45, 2.75) is 0 Å². The monoisotopic (exact) mass is 372 g/mol. The van der Waals surface area contributed by atoms with Crippen molar-refractivity contribution >= 4 is 71.5 Å². The van der Waals surface area contributed by atoms with Gasteiger partial charge in [0.15, 0.2) is 0 Å². The van der Waals surface area contributed by atoms with E-state index in [0.717, 1.165) is 14.2 Å². The van der Waals surface area contributed by atoms with Crippen LogP contribution in [0.25, 0.3) is 10.1 Å². The van der Waals surface area contributed by atoms with Gasteiger partial charge in [-0.05, 0) is 56.7 Å². The Bertz CT molecular complexity index is 438. The van der Waals surface area contributed by atoms with Crippen LogP contribution in [0.15, 0.2) is 22.0 Å². The van der Waals surface area contributed by atoms with E-state index in [4.69, 9.17) is 11.6 Å². The highest BCUT2D eigenvalue weighted by Crippen LogP contribution is 2.39. The number of hydrogen-bond acceptors (Lipinski definition) is 1. The van der Waals surface area contributed by atoms with Crippen molar-refractivity contribution in [1.82, 2.24) is 0 Å². The van der Waals surface area contributed by atoms with Gasteiger partial charge in [-0.3, -0.25) is 0 Å². The fourth-order valence-corrected chi connectivity index (χ4v) is 3.37. The van der Waals surface area contributed by atoms with Gasteiger partial charge in [0.05, 0.1) is 8.81 Å². The summed E-state index contributed by atoms with van der Waals surface area (Å²) in [5.74, 6) is 0. The Morgan fingerprint density at radius 2 is 2.17 bits per heavy atom. The molecule has 0 bridgehead atoms. The second-order valence-corrected chi connectivity index (χ2v) is 6.32. The molecular formula is C8H3BrClIS. The first-order chi connectivity index (χ1) is 5.68. The SMILES string of the molecule is Clc1c(Br)sc2ccc(I)cc12. The first-order valence-corrected chi connectivity index (χ1v) is 6.28. The molecule has 0 aliphatic carbocycles. The standard InChI is InChI=1S/C8H3BrClIS/c9-8-7(10)5-3-4(11)1-2-6(5)12-8/h1-3H. The molecule has 1 heterocycles. The van der Waals surface area contributed by atoms with Crippen molar-refractivity contribution in [3.05, 3.63) is 30.6 Å². The molecule has 1 aromatic carbocycles. The summed E-state index contributed by atoms with van der Waals surface area (Å²) in [6, 6.07) is 6.28. The first kappa shape index (κ1) is 9.24. The maximum Gasteiger partial charge on any atom is 0.0897 e. The Hall–Kier alpha value is 0.680. The Labute approximate surface area is 101 Å². The fraction of sp³-hybridized carbons (Fsp3) is 0. The fourth-order valence-electron chi connectivity index (χ4n) is 1.01. The zero-order chi connectivity index (χ0) is 8.72. The van der Waals surface area contributed by atoms with Crippen LogP contribution in [0.4, 0.5) is 0 Å². The predicted molar refractivity (Wildman–Crippen MR) is 67.3 cm³/mol. The lowest BCUT2D eigenvalue weighted by Crippen LogP contribution is -1.68. The van der Waals surface area contributed by atoms with E-state index in [9.17, 15) is 0 Å². The van der Waals surface area contributed by atoms with Gasteiger partial charge in [-0.1, -0.05) is 11.6 Å². The topological polar surface area (TPSA) is 0 Å². The predicted octanol–water partition coefficient (Wildman–Crippen LogP) is 4.92. The number of halogens is 3. The van der Waals surface area contributed by atoms with E-state index in [2.05, 4.69) is 56.7 Å². The Morgan fingerprint density at radius 3 is 2.92 bits per heavy atom. The molecule has 4 heteroatoms. The zero-order valence-corrected chi connectivity index (χ0v) is 11.1. The van der Waals surface area contributed by atoms with Crippen LogP contribution in [-0.4, -0.2) is 0 Å². The van der Waals surface area contributed by atoms with Gasteiger partial charge < -0.3 is 0 Å². The molecule has 0 unspecified atom stereocenters. The lowest BCUT2D eigenvalue weighted by Gasteiger charge is -1.90. The highest BCUT2D eigenvalue weighted by atomic mass is 127. The van der Waals surface area contributed by atoms with Gasteiger partial charge in [0.2, 0.25) is 0 Å².